The van der Waals surface area contributed by atoms with Crippen LogP contribution in [0.2, 0.25) is 0 Å². The highest BCUT2D eigenvalue weighted by Crippen LogP contribution is 2.30. The number of phenolic OH excluding ortho intramolecular Hbond substituents is 1. The molecule has 0 aliphatic carbocycles. The van der Waals surface area contributed by atoms with Gasteiger partial charge in [0.1, 0.15) is 5.75 Å². The smallest absolute Gasteiger partial charge is 0.261 e. The topological polar surface area (TPSA) is 77.8 Å². The van der Waals surface area contributed by atoms with E-state index < -0.39 is 24.0 Å². The molecule has 1 aliphatic heterocycles. The summed E-state index contributed by atoms with van der Waals surface area (Å²) in [5.41, 5.74) is 1.25. The zero-order chi connectivity index (χ0) is 15.9. The lowest BCUT2D eigenvalue weighted by molar-refractivity contribution is 0.0376. The Labute approximate surface area is 140 Å². The minimum Gasteiger partial charge on any atom is -0.508 e. The molecular weight excluding hydrogens is 314 g/mol. The van der Waals surface area contributed by atoms with Crippen LogP contribution in [0.15, 0.2) is 48.5 Å². The number of carbonyl (C=O) groups is 2. The van der Waals surface area contributed by atoms with Crippen molar-refractivity contribution in [3.05, 3.63) is 65.2 Å². The van der Waals surface area contributed by atoms with Gasteiger partial charge in [-0.05, 0) is 36.8 Å². The van der Waals surface area contributed by atoms with Gasteiger partial charge in [-0.3, -0.25) is 14.5 Å². The Bertz CT molecular complexity index is 710. The molecule has 3 rings (SSSR count). The molecule has 0 radical (unpaired) electrons. The number of aromatic hydroxyl groups is 1. The zero-order valence-corrected chi connectivity index (χ0v) is 13.4. The van der Waals surface area contributed by atoms with Gasteiger partial charge in [0.15, 0.2) is 0 Å². The van der Waals surface area contributed by atoms with Crippen LogP contribution < -0.4 is 0 Å². The number of aliphatic hydroxyl groups excluding tert-OH is 1. The maximum Gasteiger partial charge on any atom is 0.261 e. The molecule has 2 atom stereocenters. The van der Waals surface area contributed by atoms with Crippen molar-refractivity contribution in [2.75, 3.05) is 0 Å². The van der Waals surface area contributed by atoms with Gasteiger partial charge in [0.05, 0.1) is 23.3 Å². The van der Waals surface area contributed by atoms with Gasteiger partial charge in [-0.15, -0.1) is 0 Å². The molecule has 2 aromatic carbocycles. The van der Waals surface area contributed by atoms with Crippen LogP contribution in [-0.4, -0.2) is 33.0 Å². The van der Waals surface area contributed by atoms with Crippen molar-refractivity contribution in [2.24, 2.45) is 0 Å². The third-order valence-corrected chi connectivity index (χ3v) is 3.92. The summed E-state index contributed by atoms with van der Waals surface area (Å²) in [5.74, 6) is -0.707. The quantitative estimate of drug-likeness (QED) is 0.846. The van der Waals surface area contributed by atoms with Gasteiger partial charge < -0.3 is 10.2 Å². The zero-order valence-electron chi connectivity index (χ0n) is 12.4. The Balaban J connectivity index is 0.00000192. The first-order chi connectivity index (χ1) is 10.5. The molecule has 1 heterocycles. The number of fused-ring (bicyclic) bond motifs is 1. The van der Waals surface area contributed by atoms with Gasteiger partial charge in [0.25, 0.3) is 11.8 Å². The predicted molar refractivity (Wildman–Crippen MR) is 89.9 cm³/mol. The van der Waals surface area contributed by atoms with Crippen LogP contribution >= 0.6 is 13.5 Å². The molecule has 0 bridgehead atoms. The Kier molecular flexibility index (Phi) is 4.77. The molecule has 2 unspecified atom stereocenters. The second kappa shape index (κ2) is 6.44. The minimum absolute atomic E-state index is 0. The van der Waals surface area contributed by atoms with Crippen molar-refractivity contribution in [1.82, 2.24) is 4.90 Å². The van der Waals surface area contributed by atoms with Gasteiger partial charge in [0, 0.05) is 0 Å². The number of hydrogen-bond donors (Lipinski definition) is 2. The lowest BCUT2D eigenvalue weighted by atomic mass is 10.0. The normalized spacial score (nSPS) is 15.8. The summed E-state index contributed by atoms with van der Waals surface area (Å²) in [7, 11) is 0. The summed E-state index contributed by atoms with van der Waals surface area (Å²) >= 11 is 0. The van der Waals surface area contributed by atoms with Crippen LogP contribution in [0.3, 0.4) is 0 Å². The molecule has 0 aromatic heterocycles. The molecule has 2 N–H and O–H groups in total. The molecule has 0 saturated heterocycles. The standard InChI is InChI=1S/C17H15NO4.H2S/c1-10(15(20)11-6-8-12(19)9-7-11)18-16(21)13-4-2-3-5-14(13)17(18)22;/h2-10,15,19-20H,1H3;1H2. The Hall–Kier alpha value is -2.31. The fourth-order valence-corrected chi connectivity index (χ4v) is 2.67. The van der Waals surface area contributed by atoms with E-state index in [1.54, 1.807) is 43.3 Å². The Morgan fingerprint density at radius 2 is 1.39 bits per heavy atom. The fraction of sp³-hybridized carbons (Fsp3) is 0.176. The molecule has 0 fully saturated rings. The summed E-state index contributed by atoms with van der Waals surface area (Å²) in [6.45, 7) is 1.62. The van der Waals surface area contributed by atoms with Gasteiger partial charge in [0.2, 0.25) is 0 Å². The fourth-order valence-electron chi connectivity index (χ4n) is 2.67. The highest BCUT2D eigenvalue weighted by molar-refractivity contribution is 7.59. The van der Waals surface area contributed by atoms with Crippen LogP contribution in [0.25, 0.3) is 0 Å². The first-order valence-corrected chi connectivity index (χ1v) is 6.94. The van der Waals surface area contributed by atoms with Crippen LogP contribution in [0, 0.1) is 0 Å². The van der Waals surface area contributed by atoms with Crippen LogP contribution in [0.5, 0.6) is 5.75 Å². The minimum atomic E-state index is -1.03. The molecule has 2 amide bonds. The highest BCUT2D eigenvalue weighted by atomic mass is 32.1. The van der Waals surface area contributed by atoms with Crippen molar-refractivity contribution in [2.45, 2.75) is 19.1 Å². The summed E-state index contributed by atoms with van der Waals surface area (Å²) in [6, 6.07) is 11.9. The summed E-state index contributed by atoms with van der Waals surface area (Å²) < 4.78 is 0. The average molecular weight is 331 g/mol. The van der Waals surface area contributed by atoms with E-state index in [4.69, 9.17) is 0 Å². The first-order valence-electron chi connectivity index (χ1n) is 6.94. The number of carbonyl (C=O) groups excluding carboxylic acids is 2. The lowest BCUT2D eigenvalue weighted by Crippen LogP contribution is -2.41. The van der Waals surface area contributed by atoms with E-state index in [0.717, 1.165) is 4.90 Å². The van der Waals surface area contributed by atoms with E-state index >= 15 is 0 Å². The molecule has 0 spiro atoms. The summed E-state index contributed by atoms with van der Waals surface area (Å²) in [6.07, 6.45) is -1.03. The van der Waals surface area contributed by atoms with E-state index in [-0.39, 0.29) is 19.2 Å². The number of rotatable bonds is 3. The van der Waals surface area contributed by atoms with Crippen LogP contribution in [-0.2, 0) is 0 Å². The number of hydrogen-bond acceptors (Lipinski definition) is 4. The Morgan fingerprint density at radius 3 is 1.87 bits per heavy atom. The van der Waals surface area contributed by atoms with Crippen LogP contribution in [0.4, 0.5) is 0 Å². The number of amides is 2. The number of phenols is 1. The Morgan fingerprint density at radius 1 is 0.913 bits per heavy atom. The van der Waals surface area contributed by atoms with Crippen molar-refractivity contribution in [3.63, 3.8) is 0 Å². The number of aliphatic hydroxyl groups is 1. The summed E-state index contributed by atoms with van der Waals surface area (Å²) in [4.78, 5) is 25.9. The third-order valence-electron chi connectivity index (χ3n) is 3.92. The van der Waals surface area contributed by atoms with E-state index in [2.05, 4.69) is 0 Å². The number of imide groups is 1. The molecule has 5 nitrogen and oxygen atoms in total. The van der Waals surface area contributed by atoms with Crippen molar-refractivity contribution < 1.29 is 19.8 Å². The van der Waals surface area contributed by atoms with E-state index in [0.29, 0.717) is 16.7 Å². The van der Waals surface area contributed by atoms with Gasteiger partial charge >= 0.3 is 0 Å². The largest absolute Gasteiger partial charge is 0.508 e. The van der Waals surface area contributed by atoms with Gasteiger partial charge in [-0.2, -0.15) is 13.5 Å². The number of benzene rings is 2. The molecule has 2 aromatic rings. The average Bonchev–Trinajstić information content (AvgIpc) is 2.79. The monoisotopic (exact) mass is 331 g/mol. The van der Waals surface area contributed by atoms with Crippen molar-refractivity contribution in [3.8, 4) is 5.75 Å². The first kappa shape index (κ1) is 17.1. The second-order valence-electron chi connectivity index (χ2n) is 5.30. The molecule has 120 valence electrons. The van der Waals surface area contributed by atoms with Gasteiger partial charge in [-0.1, -0.05) is 24.3 Å². The SMILES string of the molecule is CC(C(O)c1ccc(O)cc1)N1C(=O)c2ccccc2C1=O.S. The third kappa shape index (κ3) is 2.83. The van der Waals surface area contributed by atoms with E-state index in [9.17, 15) is 19.8 Å². The highest BCUT2D eigenvalue weighted by Gasteiger charge is 2.40. The van der Waals surface area contributed by atoms with Crippen molar-refractivity contribution >= 4 is 25.3 Å². The second-order valence-corrected chi connectivity index (χ2v) is 5.30. The molecular formula is C17H17NO4S. The lowest BCUT2D eigenvalue weighted by Gasteiger charge is -2.27. The molecule has 1 aliphatic rings. The van der Waals surface area contributed by atoms with E-state index in [1.807, 2.05) is 0 Å². The number of nitrogens with zero attached hydrogens (tertiary/aromatic N) is 1. The predicted octanol–water partition coefficient (Wildman–Crippen LogP) is 2.22. The van der Waals surface area contributed by atoms with Crippen molar-refractivity contribution in [1.29, 1.82) is 0 Å². The molecule has 23 heavy (non-hydrogen) atoms. The maximum atomic E-state index is 12.4. The van der Waals surface area contributed by atoms with E-state index in [1.165, 1.54) is 12.1 Å². The van der Waals surface area contributed by atoms with Crippen LogP contribution in [0.1, 0.15) is 39.3 Å². The molecule has 0 saturated carbocycles. The summed E-state index contributed by atoms with van der Waals surface area (Å²) in [5, 5.41) is 19.7. The maximum absolute atomic E-state index is 12.4. The van der Waals surface area contributed by atoms with Gasteiger partial charge in [-0.25, -0.2) is 0 Å². The molecule has 6 heteroatoms.